The van der Waals surface area contributed by atoms with Gasteiger partial charge < -0.3 is 28.8 Å². The maximum absolute atomic E-state index is 12.7. The number of aliphatic hydroxyl groups is 1. The van der Waals surface area contributed by atoms with Crippen LogP contribution in [0.25, 0.3) is 0 Å². The van der Waals surface area contributed by atoms with E-state index >= 15 is 0 Å². The van der Waals surface area contributed by atoms with Gasteiger partial charge in [0.1, 0.15) is 22.9 Å². The van der Waals surface area contributed by atoms with Crippen molar-refractivity contribution < 1.29 is 52.8 Å². The molecule has 8 bridgehead atoms. The van der Waals surface area contributed by atoms with Crippen LogP contribution in [0.1, 0.15) is 257 Å². The number of fused-ring (bicyclic) bond motifs is 10. The molecule has 12 atom stereocenters. The lowest BCUT2D eigenvalue weighted by Crippen LogP contribution is -2.61. The Labute approximate surface area is 441 Å². The first-order valence-electron chi connectivity index (χ1n) is 30.1. The zero-order valence-electron chi connectivity index (χ0n) is 48.2. The molecule has 0 aromatic carbocycles. The van der Waals surface area contributed by atoms with Crippen LogP contribution in [-0.2, 0) is 47.7 Å². The number of carbonyl (C=O) groups is 5. The summed E-state index contributed by atoms with van der Waals surface area (Å²) in [4.78, 5) is 60.4. The van der Waals surface area contributed by atoms with E-state index in [2.05, 4.69) is 20.8 Å². The molecule has 10 aliphatic carbocycles. The zero-order chi connectivity index (χ0) is 53.6. The lowest BCUT2D eigenvalue weighted by atomic mass is 9.52. The van der Waals surface area contributed by atoms with Gasteiger partial charge in [-0.05, 0) is 237 Å². The third-order valence-electron chi connectivity index (χ3n) is 21.8. The van der Waals surface area contributed by atoms with Gasteiger partial charge in [-0.3, -0.25) is 24.0 Å². The van der Waals surface area contributed by atoms with Crippen LogP contribution in [0.3, 0.4) is 0 Å². The van der Waals surface area contributed by atoms with Crippen molar-refractivity contribution in [3.05, 3.63) is 0 Å². The molecule has 12 unspecified atom stereocenters. The van der Waals surface area contributed by atoms with Crippen molar-refractivity contribution in [2.75, 3.05) is 0 Å². The van der Waals surface area contributed by atoms with Crippen LogP contribution in [-0.4, -0.2) is 69.1 Å². The van der Waals surface area contributed by atoms with Crippen molar-refractivity contribution in [2.24, 2.45) is 69.5 Å². The molecule has 0 spiro atoms. The first kappa shape index (κ1) is 58.0. The fourth-order valence-corrected chi connectivity index (χ4v) is 16.1. The average Bonchev–Trinajstić information content (AvgIpc) is 4.22. The van der Waals surface area contributed by atoms with Gasteiger partial charge in [0.15, 0.2) is 5.60 Å². The molecule has 11 heteroatoms. The monoisotopic (exact) mass is 1020 g/mol. The number of rotatable bonds is 14. The van der Waals surface area contributed by atoms with Crippen LogP contribution in [0.5, 0.6) is 0 Å². The van der Waals surface area contributed by atoms with E-state index in [9.17, 15) is 29.1 Å². The Bertz CT molecular complexity index is 1970. The Morgan fingerprint density at radius 3 is 1.71 bits per heavy atom. The molecule has 0 aromatic heterocycles. The summed E-state index contributed by atoms with van der Waals surface area (Å²) in [6.45, 7) is 26.2. The third-order valence-corrected chi connectivity index (χ3v) is 21.8. The summed E-state index contributed by atoms with van der Waals surface area (Å²) in [5.41, 5.74) is -2.91. The minimum absolute atomic E-state index is 0.0197. The quantitative estimate of drug-likeness (QED) is 0.101. The number of esters is 5. The second-order valence-corrected chi connectivity index (χ2v) is 27.9. The molecule has 1 heterocycles. The van der Waals surface area contributed by atoms with Crippen molar-refractivity contribution in [3.63, 3.8) is 0 Å². The predicted molar refractivity (Wildman–Crippen MR) is 283 cm³/mol. The Balaban J connectivity index is 0.000000144. The maximum Gasteiger partial charge on any atom is 0.312 e. The van der Waals surface area contributed by atoms with E-state index in [4.69, 9.17) is 23.7 Å². The molecule has 0 radical (unpaired) electrons. The predicted octanol–water partition coefficient (Wildman–Crippen LogP) is 13.8. The van der Waals surface area contributed by atoms with Crippen LogP contribution in [0.2, 0.25) is 0 Å². The lowest BCUT2D eigenvalue weighted by molar-refractivity contribution is -0.225. The summed E-state index contributed by atoms with van der Waals surface area (Å²) in [6.07, 6.45) is 25.9. The Morgan fingerprint density at radius 1 is 0.630 bits per heavy atom. The summed E-state index contributed by atoms with van der Waals surface area (Å²) < 4.78 is 29.0. The Hall–Kier alpha value is -2.69. The van der Waals surface area contributed by atoms with Gasteiger partial charge in [-0.2, -0.15) is 0 Å². The molecule has 11 rings (SSSR count). The summed E-state index contributed by atoms with van der Waals surface area (Å²) in [5.74, 6) is 5.88. The average molecular weight is 1020 g/mol. The summed E-state index contributed by atoms with van der Waals surface area (Å²) >= 11 is 0. The first-order valence-corrected chi connectivity index (χ1v) is 30.1. The Morgan fingerprint density at radius 2 is 1.18 bits per heavy atom. The number of hydrogen-bond acceptors (Lipinski definition) is 11. The second-order valence-electron chi connectivity index (χ2n) is 27.9. The number of hydrogen-bond donors (Lipinski definition) is 1. The van der Waals surface area contributed by atoms with Crippen molar-refractivity contribution in [2.45, 2.75) is 291 Å². The van der Waals surface area contributed by atoms with E-state index < -0.39 is 16.6 Å². The highest BCUT2D eigenvalue weighted by atomic mass is 16.6. The van der Waals surface area contributed by atoms with Gasteiger partial charge in [0.2, 0.25) is 0 Å². The molecule has 1 aliphatic heterocycles. The molecule has 73 heavy (non-hydrogen) atoms. The van der Waals surface area contributed by atoms with Crippen LogP contribution < -0.4 is 0 Å². The summed E-state index contributed by atoms with van der Waals surface area (Å²) in [5, 5.41) is 10.6. The lowest BCUT2D eigenvalue weighted by Gasteiger charge is -2.59. The SMILES string of the molecule is CCC(C)(C)C(=O)OC1(CC)CC2CC1C1C3CCC(C3)C21.CCC(C)(C)C(=O)OC12CC3CC(CC(O)(C3)C1)C2.CCC(C)C(=O)OC12CCCCC1OC(=O)C2.CCC1(OC(=O)C(C)(C)CC)CCCC1. The minimum atomic E-state index is -0.657. The van der Waals surface area contributed by atoms with E-state index in [0.29, 0.717) is 24.2 Å². The van der Waals surface area contributed by atoms with E-state index in [0.717, 1.165) is 139 Å². The molecule has 10 saturated carbocycles. The number of ether oxygens (including phenoxy) is 5. The van der Waals surface area contributed by atoms with Crippen molar-refractivity contribution in [1.29, 1.82) is 0 Å². The Kier molecular flexibility index (Phi) is 17.5. The van der Waals surface area contributed by atoms with E-state index in [1.807, 2.05) is 69.2 Å². The molecule has 11 fully saturated rings. The fourth-order valence-electron chi connectivity index (χ4n) is 16.1. The van der Waals surface area contributed by atoms with Crippen LogP contribution in [0.4, 0.5) is 0 Å². The molecule has 1 saturated heterocycles. The molecule has 11 nitrogen and oxygen atoms in total. The molecule has 11 aliphatic rings. The summed E-state index contributed by atoms with van der Waals surface area (Å²) in [7, 11) is 0. The second kappa shape index (κ2) is 22.0. The minimum Gasteiger partial charge on any atom is -0.459 e. The highest BCUT2D eigenvalue weighted by molar-refractivity contribution is 5.78. The summed E-state index contributed by atoms with van der Waals surface area (Å²) in [6, 6.07) is 0. The van der Waals surface area contributed by atoms with Crippen LogP contribution in [0.15, 0.2) is 0 Å². The first-order chi connectivity index (χ1) is 34.2. The van der Waals surface area contributed by atoms with E-state index in [1.54, 1.807) is 0 Å². The van der Waals surface area contributed by atoms with Gasteiger partial charge in [0.25, 0.3) is 0 Å². The standard InChI is InChI=1S/C20H32O2.C16H26O3.C13H20O4.C13H24O2/c1-5-19(3,4)18(21)22-20(6-2)11-14-10-15(20)17-13-8-7-12(9-13)16(14)17;1-4-14(2,3)13(17)19-16-8-11-5-12(9-16)7-15(18,6-11)10-16;1-3-9(2)12(15)17-13-7-5-4-6-10(13)16-11(14)8-13;1-5-12(3,4)11(14)15-13(6-2)9-7-8-10-13/h12-17H,5-11H2,1-4H3;11-12,18H,4-10H2,1-3H3;9-10H,3-8H2,1-2H3;5-10H2,1-4H3. The smallest absolute Gasteiger partial charge is 0.312 e. The largest absolute Gasteiger partial charge is 0.459 e. The highest BCUT2D eigenvalue weighted by Crippen LogP contribution is 2.71. The molecule has 0 amide bonds. The third kappa shape index (κ3) is 11.9. The van der Waals surface area contributed by atoms with Gasteiger partial charge >= 0.3 is 29.8 Å². The molecule has 0 aromatic rings. The number of carbonyl (C=O) groups excluding carboxylic acids is 5. The van der Waals surface area contributed by atoms with Gasteiger partial charge in [0, 0.05) is 12.3 Å². The van der Waals surface area contributed by atoms with Crippen molar-refractivity contribution in [1.82, 2.24) is 0 Å². The van der Waals surface area contributed by atoms with Gasteiger partial charge in [-0.1, -0.05) is 48.5 Å². The fraction of sp³-hybridized carbons (Fsp3) is 0.919. The van der Waals surface area contributed by atoms with Crippen LogP contribution >= 0.6 is 0 Å². The zero-order valence-corrected chi connectivity index (χ0v) is 48.2. The molecule has 1 N–H and O–H groups in total. The van der Waals surface area contributed by atoms with Crippen LogP contribution in [0, 0.1) is 69.5 Å². The van der Waals surface area contributed by atoms with Gasteiger partial charge in [-0.15, -0.1) is 0 Å². The molecule has 416 valence electrons. The normalized spacial score (nSPS) is 38.3. The van der Waals surface area contributed by atoms with Crippen molar-refractivity contribution in [3.8, 4) is 0 Å². The van der Waals surface area contributed by atoms with E-state index in [1.165, 1.54) is 44.9 Å². The van der Waals surface area contributed by atoms with Crippen molar-refractivity contribution >= 4 is 29.8 Å². The molecular formula is C62H102O11. The molecular weight excluding hydrogens is 921 g/mol. The van der Waals surface area contributed by atoms with E-state index in [-0.39, 0.29) is 75.9 Å². The highest BCUT2D eigenvalue weighted by Gasteiger charge is 2.68. The van der Waals surface area contributed by atoms with Gasteiger partial charge in [0.05, 0.1) is 34.2 Å². The topological polar surface area (TPSA) is 152 Å². The maximum atomic E-state index is 12.7. The van der Waals surface area contributed by atoms with Gasteiger partial charge in [-0.25, -0.2) is 0 Å².